The van der Waals surface area contributed by atoms with Crippen LogP contribution in [0.4, 0.5) is 11.4 Å². The lowest BCUT2D eigenvalue weighted by Gasteiger charge is -2.20. The SMILES string of the molecule is [C-]#[N+]c1c(C(=O)OC)c2nc(-c3cc(OC)ccc3OC)nn2/c1=C/C=C/C=C1\Sc2ccc(Cl)cc2N1CCCCCCCC. The number of thioether (sulfide) groups is 1. The number of carbonyl (C=O) groups excluding carboxylic acids is 1. The third kappa shape index (κ3) is 6.86. The predicted octanol–water partition coefficient (Wildman–Crippen LogP) is 8.27. The van der Waals surface area contributed by atoms with E-state index in [1.165, 1.54) is 43.7 Å². The van der Waals surface area contributed by atoms with Gasteiger partial charge in [0.05, 0.1) is 49.5 Å². The zero-order valence-electron chi connectivity index (χ0n) is 26.4. The molecule has 5 rings (SSSR count). The van der Waals surface area contributed by atoms with Gasteiger partial charge in [0.1, 0.15) is 17.1 Å². The van der Waals surface area contributed by atoms with Crippen LogP contribution in [-0.4, -0.2) is 48.4 Å². The average molecular weight is 658 g/mol. The van der Waals surface area contributed by atoms with Crippen LogP contribution in [0.25, 0.3) is 28.0 Å². The number of fused-ring (bicyclic) bond motifs is 2. The molecule has 238 valence electrons. The monoisotopic (exact) mass is 657 g/mol. The number of ether oxygens (including phenoxy) is 3. The molecule has 1 aliphatic heterocycles. The smallest absolute Gasteiger partial charge is 0.331 e. The molecular weight excluding hydrogens is 622 g/mol. The van der Waals surface area contributed by atoms with Crippen LogP contribution in [0.1, 0.15) is 55.8 Å². The van der Waals surface area contributed by atoms with Crippen molar-refractivity contribution in [3.63, 3.8) is 0 Å². The fourth-order valence-corrected chi connectivity index (χ4v) is 6.64. The van der Waals surface area contributed by atoms with Crippen molar-refractivity contribution < 1.29 is 19.0 Å². The fraction of sp³-hybridized carbons (Fsp3) is 0.314. The van der Waals surface area contributed by atoms with Crippen molar-refractivity contribution in [1.82, 2.24) is 14.6 Å². The van der Waals surface area contributed by atoms with E-state index in [-0.39, 0.29) is 16.9 Å². The van der Waals surface area contributed by atoms with Crippen molar-refractivity contribution in [2.45, 2.75) is 50.3 Å². The molecule has 0 unspecified atom stereocenters. The van der Waals surface area contributed by atoms with E-state index in [1.807, 2.05) is 24.3 Å². The van der Waals surface area contributed by atoms with Crippen LogP contribution in [0.15, 0.2) is 64.6 Å². The quantitative estimate of drug-likeness (QED) is 0.0807. The molecule has 0 bridgehead atoms. The number of anilines is 1. The first-order valence-electron chi connectivity index (χ1n) is 15.2. The number of methoxy groups -OCH3 is 3. The number of hydrogen-bond acceptors (Lipinski definition) is 8. The molecular formula is C35H36ClN5O4S. The van der Waals surface area contributed by atoms with Crippen LogP contribution in [0.3, 0.4) is 0 Å². The highest BCUT2D eigenvalue weighted by molar-refractivity contribution is 8.03. The zero-order valence-corrected chi connectivity index (χ0v) is 28.0. The summed E-state index contributed by atoms with van der Waals surface area (Å²) in [6.45, 7) is 11.0. The largest absolute Gasteiger partial charge is 0.497 e. The second-order valence-corrected chi connectivity index (χ2v) is 12.1. The molecule has 0 spiro atoms. The van der Waals surface area contributed by atoms with Crippen molar-refractivity contribution >= 4 is 52.4 Å². The van der Waals surface area contributed by atoms with Crippen LogP contribution in [-0.2, 0) is 4.74 Å². The Morgan fingerprint density at radius 1 is 1.02 bits per heavy atom. The first kappa shape index (κ1) is 32.9. The first-order valence-corrected chi connectivity index (χ1v) is 16.4. The summed E-state index contributed by atoms with van der Waals surface area (Å²) >= 11 is 8.08. The van der Waals surface area contributed by atoms with E-state index in [4.69, 9.17) is 37.5 Å². The molecule has 46 heavy (non-hydrogen) atoms. The molecule has 1 aliphatic rings. The highest BCUT2D eigenvalue weighted by Gasteiger charge is 2.27. The number of aromatic nitrogens is 3. The highest BCUT2D eigenvalue weighted by atomic mass is 35.5. The number of benzene rings is 2. The van der Waals surface area contributed by atoms with Crippen molar-refractivity contribution in [2.75, 3.05) is 32.8 Å². The number of halogens is 1. The lowest BCUT2D eigenvalue weighted by Crippen LogP contribution is -2.19. The van der Waals surface area contributed by atoms with Gasteiger partial charge in [0, 0.05) is 16.5 Å². The Morgan fingerprint density at radius 3 is 2.54 bits per heavy atom. The third-order valence-corrected chi connectivity index (χ3v) is 9.08. The van der Waals surface area contributed by atoms with Crippen molar-refractivity contribution in [3.05, 3.63) is 87.0 Å². The average Bonchev–Trinajstić information content (AvgIpc) is 3.74. The van der Waals surface area contributed by atoms with Gasteiger partial charge in [-0.25, -0.2) is 19.1 Å². The number of unbranched alkanes of at least 4 members (excludes halogenated alkanes) is 5. The molecule has 11 heteroatoms. The lowest BCUT2D eigenvalue weighted by atomic mass is 10.1. The highest BCUT2D eigenvalue weighted by Crippen LogP contribution is 2.47. The lowest BCUT2D eigenvalue weighted by molar-refractivity contribution is 0.0604. The Hall–Kier alpha value is -4.46. The summed E-state index contributed by atoms with van der Waals surface area (Å²) in [5.74, 6) is 0.792. The minimum atomic E-state index is -0.664. The summed E-state index contributed by atoms with van der Waals surface area (Å²) in [6, 6.07) is 11.3. The molecule has 0 saturated heterocycles. The van der Waals surface area contributed by atoms with Crippen molar-refractivity contribution in [2.24, 2.45) is 0 Å². The van der Waals surface area contributed by atoms with Gasteiger partial charge in [-0.05, 0) is 55.0 Å². The van der Waals surface area contributed by atoms with Gasteiger partial charge in [0.2, 0.25) is 5.69 Å². The van der Waals surface area contributed by atoms with Crippen LogP contribution in [0.2, 0.25) is 5.02 Å². The molecule has 0 atom stereocenters. The maximum atomic E-state index is 12.9. The van der Waals surface area contributed by atoms with Crippen LogP contribution in [0, 0.1) is 6.57 Å². The number of carbonyl (C=O) groups is 1. The summed E-state index contributed by atoms with van der Waals surface area (Å²) < 4.78 is 17.5. The van der Waals surface area contributed by atoms with E-state index in [2.05, 4.69) is 33.8 Å². The Morgan fingerprint density at radius 2 is 1.80 bits per heavy atom. The van der Waals surface area contributed by atoms with Gasteiger partial charge in [-0.1, -0.05) is 74.5 Å². The summed E-state index contributed by atoms with van der Waals surface area (Å²) in [7, 11) is 4.40. The van der Waals surface area contributed by atoms with Gasteiger partial charge in [-0.2, -0.15) is 0 Å². The van der Waals surface area contributed by atoms with Crippen LogP contribution >= 0.6 is 23.4 Å². The zero-order chi connectivity index (χ0) is 32.6. The van der Waals surface area contributed by atoms with Crippen LogP contribution in [0.5, 0.6) is 11.5 Å². The molecule has 0 amide bonds. The Kier molecular flexibility index (Phi) is 10.9. The summed E-state index contributed by atoms with van der Waals surface area (Å²) in [5.41, 5.74) is 2.10. The van der Waals surface area contributed by atoms with E-state index in [1.54, 1.807) is 50.3 Å². The standard InChI is InChI=1S/C35H36ClN5O4S/c1-6-7-8-9-10-13-20-40-27-21-23(36)16-19-29(27)46-30(40)15-12-11-14-26-32(37-2)31(35(42)45-5)34-38-33(39-41(26)34)25-22-24(43-3)17-18-28(25)44-4/h11-12,14-19,21-22H,6-10,13,20H2,1,3-5H3/b12-11+,26-14+,30-15-. The van der Waals surface area contributed by atoms with E-state index < -0.39 is 5.97 Å². The van der Waals surface area contributed by atoms with Crippen LogP contribution < -0.4 is 19.7 Å². The molecule has 2 aromatic carbocycles. The van der Waals surface area contributed by atoms with E-state index in [0.29, 0.717) is 33.3 Å². The van der Waals surface area contributed by atoms with Gasteiger partial charge >= 0.3 is 5.97 Å². The minimum absolute atomic E-state index is 0.0555. The molecule has 2 aromatic heterocycles. The molecule has 3 heterocycles. The molecule has 4 aromatic rings. The maximum absolute atomic E-state index is 12.9. The van der Waals surface area contributed by atoms with Gasteiger partial charge < -0.3 is 19.1 Å². The van der Waals surface area contributed by atoms with Gasteiger partial charge in [0.15, 0.2) is 11.5 Å². The topological polar surface area (TPSA) is 82.5 Å². The number of hydrogen-bond donors (Lipinski definition) is 0. The molecule has 0 saturated carbocycles. The number of esters is 1. The first-order chi connectivity index (χ1) is 22.4. The normalized spacial score (nSPS) is 14.0. The summed E-state index contributed by atoms with van der Waals surface area (Å²) in [6.07, 6.45) is 14.9. The van der Waals surface area contributed by atoms with E-state index >= 15 is 0 Å². The predicted molar refractivity (Wildman–Crippen MR) is 184 cm³/mol. The number of allylic oxidation sites excluding steroid dienone is 3. The molecule has 9 nitrogen and oxygen atoms in total. The molecule has 0 fully saturated rings. The summed E-state index contributed by atoms with van der Waals surface area (Å²) in [5, 5.41) is 6.91. The maximum Gasteiger partial charge on any atom is 0.331 e. The van der Waals surface area contributed by atoms with Crippen molar-refractivity contribution in [1.29, 1.82) is 0 Å². The Labute approximate surface area is 278 Å². The van der Waals surface area contributed by atoms with Gasteiger partial charge in [-0.15, -0.1) is 5.10 Å². The third-order valence-electron chi connectivity index (χ3n) is 7.72. The summed E-state index contributed by atoms with van der Waals surface area (Å²) in [4.78, 5) is 24.7. The van der Waals surface area contributed by atoms with Gasteiger partial charge in [0.25, 0.3) is 0 Å². The van der Waals surface area contributed by atoms with Crippen molar-refractivity contribution in [3.8, 4) is 22.9 Å². The van der Waals surface area contributed by atoms with Gasteiger partial charge in [-0.3, -0.25) is 0 Å². The van der Waals surface area contributed by atoms with E-state index in [9.17, 15) is 4.79 Å². The Bertz CT molecular complexity index is 1890. The Balaban J connectivity index is 1.51. The number of rotatable bonds is 13. The second-order valence-electron chi connectivity index (χ2n) is 10.6. The molecule has 0 aliphatic carbocycles. The number of nitrogens with zero attached hydrogens (tertiary/aromatic N) is 5. The molecule has 0 radical (unpaired) electrons. The minimum Gasteiger partial charge on any atom is -0.497 e. The van der Waals surface area contributed by atoms with E-state index in [0.717, 1.165) is 28.6 Å². The molecule has 0 N–H and O–H groups in total. The fourth-order valence-electron chi connectivity index (χ4n) is 5.40. The second kappa shape index (κ2) is 15.2.